The van der Waals surface area contributed by atoms with E-state index in [1.807, 2.05) is 19.2 Å². The van der Waals surface area contributed by atoms with Crippen LogP contribution in [0.5, 0.6) is 0 Å². The van der Waals surface area contributed by atoms with Gasteiger partial charge in [0.05, 0.1) is 6.54 Å². The van der Waals surface area contributed by atoms with E-state index in [1.165, 1.54) is 10.4 Å². The molecule has 0 saturated carbocycles. The Kier molecular flexibility index (Phi) is 4.78. The maximum absolute atomic E-state index is 11.5. The van der Waals surface area contributed by atoms with Crippen LogP contribution in [-0.2, 0) is 16.1 Å². The molecule has 1 heterocycles. The zero-order valence-electron chi connectivity index (χ0n) is 9.37. The normalized spacial score (nSPS) is 12.5. The van der Waals surface area contributed by atoms with Gasteiger partial charge in [-0.3, -0.25) is 4.79 Å². The van der Waals surface area contributed by atoms with Crippen molar-refractivity contribution in [1.29, 1.82) is 0 Å². The van der Waals surface area contributed by atoms with Crippen LogP contribution in [0.4, 0.5) is 0 Å². The van der Waals surface area contributed by atoms with Crippen molar-refractivity contribution in [2.45, 2.75) is 33.4 Å². The fourth-order valence-corrected chi connectivity index (χ4v) is 2.07. The molecule has 0 unspecified atom stereocenters. The third kappa shape index (κ3) is 3.64. The lowest BCUT2D eigenvalue weighted by atomic mass is 10.3. The summed E-state index contributed by atoms with van der Waals surface area (Å²) in [5.74, 6) is -0.0512. The van der Waals surface area contributed by atoms with Crippen molar-refractivity contribution in [1.82, 2.24) is 5.32 Å². The van der Waals surface area contributed by atoms with E-state index in [9.17, 15) is 4.79 Å². The molecule has 0 aliphatic carbocycles. The molecule has 3 nitrogen and oxygen atoms in total. The van der Waals surface area contributed by atoms with Crippen molar-refractivity contribution in [3.05, 3.63) is 21.9 Å². The summed E-state index contributed by atoms with van der Waals surface area (Å²) in [7, 11) is 0. The van der Waals surface area contributed by atoms with Gasteiger partial charge in [-0.15, -0.1) is 11.3 Å². The summed E-state index contributed by atoms with van der Waals surface area (Å²) >= 11 is 1.66. The Labute approximate surface area is 94.5 Å². The highest BCUT2D eigenvalue weighted by Gasteiger charge is 2.12. The number of amides is 1. The SMILES string of the molecule is CCO[C@H](C)C(=O)NCc1sccc1C. The maximum atomic E-state index is 11.5. The predicted molar refractivity (Wildman–Crippen MR) is 62.0 cm³/mol. The van der Waals surface area contributed by atoms with Crippen molar-refractivity contribution in [3.8, 4) is 0 Å². The first kappa shape index (κ1) is 12.2. The summed E-state index contributed by atoms with van der Waals surface area (Å²) in [5.41, 5.74) is 1.23. The molecule has 1 aromatic rings. The van der Waals surface area contributed by atoms with E-state index in [0.717, 1.165) is 0 Å². The zero-order valence-corrected chi connectivity index (χ0v) is 10.2. The number of carbonyl (C=O) groups is 1. The first-order valence-electron chi connectivity index (χ1n) is 5.07. The molecule has 0 aromatic carbocycles. The molecular formula is C11H17NO2S. The van der Waals surface area contributed by atoms with Crippen LogP contribution in [0.15, 0.2) is 11.4 Å². The molecule has 0 radical (unpaired) electrons. The molecule has 0 spiro atoms. The molecule has 1 atom stereocenters. The first-order chi connectivity index (χ1) is 7.15. The van der Waals surface area contributed by atoms with Crippen molar-refractivity contribution in [2.75, 3.05) is 6.61 Å². The van der Waals surface area contributed by atoms with Gasteiger partial charge in [-0.2, -0.15) is 0 Å². The van der Waals surface area contributed by atoms with Crippen LogP contribution in [0.1, 0.15) is 24.3 Å². The summed E-state index contributed by atoms with van der Waals surface area (Å²) in [5, 5.41) is 4.89. The van der Waals surface area contributed by atoms with Gasteiger partial charge in [0.1, 0.15) is 6.10 Å². The minimum atomic E-state index is -0.365. The highest BCUT2D eigenvalue weighted by Crippen LogP contribution is 2.14. The van der Waals surface area contributed by atoms with Crippen molar-refractivity contribution in [3.63, 3.8) is 0 Å². The number of ether oxygens (including phenoxy) is 1. The summed E-state index contributed by atoms with van der Waals surface area (Å²) in [6.07, 6.45) is -0.365. The molecule has 1 rings (SSSR count). The molecule has 0 fully saturated rings. The summed E-state index contributed by atoms with van der Waals surface area (Å²) < 4.78 is 5.20. The molecule has 15 heavy (non-hydrogen) atoms. The average molecular weight is 227 g/mol. The summed E-state index contributed by atoms with van der Waals surface area (Å²) in [6, 6.07) is 2.05. The molecule has 84 valence electrons. The van der Waals surface area contributed by atoms with Crippen LogP contribution in [0.2, 0.25) is 0 Å². The quantitative estimate of drug-likeness (QED) is 0.836. The third-order valence-electron chi connectivity index (χ3n) is 2.18. The van der Waals surface area contributed by atoms with Gasteiger partial charge in [0, 0.05) is 11.5 Å². The number of hydrogen-bond donors (Lipinski definition) is 1. The smallest absolute Gasteiger partial charge is 0.249 e. The van der Waals surface area contributed by atoms with Crippen LogP contribution in [-0.4, -0.2) is 18.6 Å². The summed E-state index contributed by atoms with van der Waals surface area (Å²) in [4.78, 5) is 12.7. The van der Waals surface area contributed by atoms with E-state index in [4.69, 9.17) is 4.74 Å². The van der Waals surface area contributed by atoms with E-state index in [2.05, 4.69) is 11.4 Å². The standard InChI is InChI=1S/C11H17NO2S/c1-4-14-9(3)11(13)12-7-10-8(2)5-6-15-10/h5-6,9H,4,7H2,1-3H3,(H,12,13)/t9-/m1/s1. The Morgan fingerprint density at radius 3 is 2.93 bits per heavy atom. The third-order valence-corrected chi connectivity index (χ3v) is 3.20. The lowest BCUT2D eigenvalue weighted by molar-refractivity contribution is -0.131. The molecule has 0 bridgehead atoms. The Morgan fingerprint density at radius 1 is 1.67 bits per heavy atom. The topological polar surface area (TPSA) is 38.3 Å². The lowest BCUT2D eigenvalue weighted by Gasteiger charge is -2.11. The van der Waals surface area contributed by atoms with E-state index < -0.39 is 0 Å². The Morgan fingerprint density at radius 2 is 2.40 bits per heavy atom. The van der Waals surface area contributed by atoms with Crippen LogP contribution in [0, 0.1) is 6.92 Å². The van der Waals surface area contributed by atoms with E-state index in [-0.39, 0.29) is 12.0 Å². The second-order valence-electron chi connectivity index (χ2n) is 3.34. The Bertz CT molecular complexity index is 322. The van der Waals surface area contributed by atoms with Crippen LogP contribution < -0.4 is 5.32 Å². The molecule has 4 heteroatoms. The van der Waals surface area contributed by atoms with E-state index in [0.29, 0.717) is 13.2 Å². The molecule has 1 N–H and O–H groups in total. The van der Waals surface area contributed by atoms with Crippen molar-refractivity contribution in [2.24, 2.45) is 0 Å². The second-order valence-corrected chi connectivity index (χ2v) is 4.34. The fraction of sp³-hybridized carbons (Fsp3) is 0.545. The molecule has 0 aliphatic heterocycles. The summed E-state index contributed by atoms with van der Waals surface area (Å²) in [6.45, 7) is 6.85. The predicted octanol–water partition coefficient (Wildman–Crippen LogP) is 2.10. The molecule has 1 amide bonds. The largest absolute Gasteiger partial charge is 0.369 e. The highest BCUT2D eigenvalue weighted by atomic mass is 32.1. The van der Waals surface area contributed by atoms with Crippen LogP contribution in [0.3, 0.4) is 0 Å². The van der Waals surface area contributed by atoms with E-state index in [1.54, 1.807) is 18.3 Å². The lowest BCUT2D eigenvalue weighted by Crippen LogP contribution is -2.33. The fourth-order valence-electron chi connectivity index (χ4n) is 1.22. The zero-order chi connectivity index (χ0) is 11.3. The Balaban J connectivity index is 2.37. The maximum Gasteiger partial charge on any atom is 0.249 e. The van der Waals surface area contributed by atoms with Crippen molar-refractivity contribution >= 4 is 17.2 Å². The monoisotopic (exact) mass is 227 g/mol. The van der Waals surface area contributed by atoms with Gasteiger partial charge in [0.15, 0.2) is 0 Å². The van der Waals surface area contributed by atoms with Gasteiger partial charge >= 0.3 is 0 Å². The number of thiophene rings is 1. The van der Waals surface area contributed by atoms with Gasteiger partial charge < -0.3 is 10.1 Å². The second kappa shape index (κ2) is 5.88. The van der Waals surface area contributed by atoms with E-state index >= 15 is 0 Å². The van der Waals surface area contributed by atoms with Crippen LogP contribution in [0.25, 0.3) is 0 Å². The average Bonchev–Trinajstić information content (AvgIpc) is 2.61. The van der Waals surface area contributed by atoms with Gasteiger partial charge in [-0.05, 0) is 37.8 Å². The number of aryl methyl sites for hydroxylation is 1. The minimum Gasteiger partial charge on any atom is -0.369 e. The number of hydrogen-bond acceptors (Lipinski definition) is 3. The number of rotatable bonds is 5. The highest BCUT2D eigenvalue weighted by molar-refractivity contribution is 7.10. The molecular weight excluding hydrogens is 210 g/mol. The number of carbonyl (C=O) groups excluding carboxylic acids is 1. The van der Waals surface area contributed by atoms with Gasteiger partial charge in [0.25, 0.3) is 0 Å². The van der Waals surface area contributed by atoms with Crippen molar-refractivity contribution < 1.29 is 9.53 Å². The first-order valence-corrected chi connectivity index (χ1v) is 5.95. The molecule has 0 aliphatic rings. The minimum absolute atomic E-state index is 0.0512. The van der Waals surface area contributed by atoms with Gasteiger partial charge in [-0.1, -0.05) is 0 Å². The van der Waals surface area contributed by atoms with Crippen LogP contribution >= 0.6 is 11.3 Å². The van der Waals surface area contributed by atoms with Gasteiger partial charge in [0.2, 0.25) is 5.91 Å². The number of nitrogens with one attached hydrogen (secondary N) is 1. The molecule has 0 saturated heterocycles. The van der Waals surface area contributed by atoms with Gasteiger partial charge in [-0.25, -0.2) is 0 Å². The Hall–Kier alpha value is -0.870. The molecule has 1 aromatic heterocycles.